The number of urea groups is 1. The number of hydrogen-bond donors (Lipinski definition) is 3. The number of ether oxygens (including phenoxy) is 1. The molecule has 0 spiro atoms. The second kappa shape index (κ2) is 14.6. The summed E-state index contributed by atoms with van der Waals surface area (Å²) < 4.78 is 20.8. The van der Waals surface area contributed by atoms with Crippen molar-refractivity contribution in [1.29, 1.82) is 0 Å². The summed E-state index contributed by atoms with van der Waals surface area (Å²) in [5.74, 6) is -0.712. The minimum Gasteiger partial charge on any atom is -0.380 e. The minimum atomic E-state index is -1.05. The molecule has 4 rings (SSSR count). The molecule has 12 heteroatoms. The highest BCUT2D eigenvalue weighted by molar-refractivity contribution is 6.30. The molecular weight excluding hydrogens is 587 g/mol. The van der Waals surface area contributed by atoms with E-state index in [1.807, 2.05) is 0 Å². The van der Waals surface area contributed by atoms with Crippen molar-refractivity contribution in [3.63, 3.8) is 0 Å². The Kier molecular flexibility index (Phi) is 10.9. The molecule has 44 heavy (non-hydrogen) atoms. The monoisotopic (exact) mass is 624 g/mol. The van der Waals surface area contributed by atoms with Crippen molar-refractivity contribution in [2.24, 2.45) is 10.9 Å². The fourth-order valence-corrected chi connectivity index (χ4v) is 5.62. The first-order chi connectivity index (χ1) is 21.1. The molecule has 1 unspecified atom stereocenters. The Morgan fingerprint density at radius 3 is 2.64 bits per heavy atom. The van der Waals surface area contributed by atoms with Gasteiger partial charge in [-0.05, 0) is 60.2 Å². The van der Waals surface area contributed by atoms with E-state index in [1.54, 1.807) is 43.6 Å². The number of likely N-dealkylation sites (tertiary alicyclic amines) is 1. The number of carbonyl (C=O) groups is 3. The van der Waals surface area contributed by atoms with Crippen LogP contribution in [0.4, 0.5) is 20.7 Å². The van der Waals surface area contributed by atoms with E-state index in [0.717, 1.165) is 19.3 Å². The maximum absolute atomic E-state index is 15.3. The van der Waals surface area contributed by atoms with Gasteiger partial charge in [0.2, 0.25) is 11.8 Å². The normalized spacial score (nSPS) is 19.8. The van der Waals surface area contributed by atoms with Gasteiger partial charge in [0, 0.05) is 46.5 Å². The second-order valence-electron chi connectivity index (χ2n) is 11.0. The first-order valence-corrected chi connectivity index (χ1v) is 14.8. The Labute approximate surface area is 261 Å². The zero-order valence-corrected chi connectivity index (χ0v) is 25.9. The van der Waals surface area contributed by atoms with Gasteiger partial charge < -0.3 is 20.3 Å². The lowest BCUT2D eigenvalue weighted by Crippen LogP contribution is -2.47. The number of rotatable bonds is 12. The van der Waals surface area contributed by atoms with Gasteiger partial charge in [-0.15, -0.1) is 0 Å². The average molecular weight is 625 g/mol. The molecular formula is C32H38ClFN6O4. The summed E-state index contributed by atoms with van der Waals surface area (Å²) in [5.41, 5.74) is 0.128. The van der Waals surface area contributed by atoms with Crippen molar-refractivity contribution >= 4 is 47.2 Å². The van der Waals surface area contributed by atoms with Gasteiger partial charge in [-0.1, -0.05) is 43.2 Å². The number of nitrogens with zero attached hydrogens (tertiary/aromatic N) is 3. The standard InChI is InChI=1S/C32H38ClFN6O4/c1-5-22(13-15-35-3)32(39-20(2)41,14-12-21-6-7-21)23-8-10-26(34)27(16-23)37-30(42)28-17-25(44-4)19-40(28)31(43)38-29-11-9-24(33)18-36-29/h5,8-11,13,15-16,18,21,25,28H,1,6-7,12,14,17,19H2,2-4H3,(H,37,42)(H,39,41)(H,36,38,43)/b22-13+,35-15?/t25-,28-,32?/m1/s1. The van der Waals surface area contributed by atoms with E-state index in [0.29, 0.717) is 28.5 Å². The van der Waals surface area contributed by atoms with Crippen molar-refractivity contribution < 1.29 is 23.5 Å². The molecule has 10 nitrogen and oxygen atoms in total. The van der Waals surface area contributed by atoms with Crippen molar-refractivity contribution in [2.75, 3.05) is 31.3 Å². The van der Waals surface area contributed by atoms with Crippen LogP contribution in [-0.4, -0.2) is 66.8 Å². The molecule has 0 radical (unpaired) electrons. The summed E-state index contributed by atoms with van der Waals surface area (Å²) in [7, 11) is 3.14. The van der Waals surface area contributed by atoms with Gasteiger partial charge in [0.1, 0.15) is 17.7 Å². The fourth-order valence-electron chi connectivity index (χ4n) is 5.50. The topological polar surface area (TPSA) is 125 Å². The molecule has 1 aliphatic heterocycles. The van der Waals surface area contributed by atoms with Crippen LogP contribution in [0.15, 0.2) is 65.8 Å². The molecule has 2 aliphatic rings. The van der Waals surface area contributed by atoms with Crippen LogP contribution in [0.2, 0.25) is 5.02 Å². The highest BCUT2D eigenvalue weighted by Gasteiger charge is 2.41. The summed E-state index contributed by atoms with van der Waals surface area (Å²) in [5, 5.41) is 8.87. The fraction of sp³-hybridized carbons (Fsp3) is 0.406. The van der Waals surface area contributed by atoms with Crippen molar-refractivity contribution in [2.45, 2.75) is 56.7 Å². The van der Waals surface area contributed by atoms with Crippen LogP contribution in [-0.2, 0) is 19.9 Å². The SMILES string of the molecule is C=C/C(=C\C=NC)C(CCC1CC1)(NC(C)=O)c1ccc(F)c(NC(=O)[C@H]2C[C@@H](OC)CN2C(=O)Nc2ccc(Cl)cn2)c1. The average Bonchev–Trinajstić information content (AvgIpc) is 3.73. The molecule has 2 fully saturated rings. The highest BCUT2D eigenvalue weighted by Crippen LogP contribution is 2.42. The lowest BCUT2D eigenvalue weighted by molar-refractivity contribution is -0.121. The highest BCUT2D eigenvalue weighted by atomic mass is 35.5. The lowest BCUT2D eigenvalue weighted by Gasteiger charge is -2.37. The summed E-state index contributed by atoms with van der Waals surface area (Å²) in [6.07, 6.45) is 9.85. The number of benzene rings is 1. The number of nitrogens with one attached hydrogen (secondary N) is 3. The molecule has 1 saturated heterocycles. The van der Waals surface area contributed by atoms with Crippen LogP contribution in [0, 0.1) is 11.7 Å². The maximum atomic E-state index is 15.3. The largest absolute Gasteiger partial charge is 0.380 e. The van der Waals surface area contributed by atoms with Crippen LogP contribution in [0.25, 0.3) is 0 Å². The van der Waals surface area contributed by atoms with E-state index < -0.39 is 35.4 Å². The third kappa shape index (κ3) is 7.89. The van der Waals surface area contributed by atoms with Crippen molar-refractivity contribution in [3.05, 3.63) is 77.2 Å². The van der Waals surface area contributed by atoms with Gasteiger partial charge in [0.15, 0.2) is 0 Å². The number of anilines is 2. The Morgan fingerprint density at radius 2 is 2.02 bits per heavy atom. The number of amides is 4. The van der Waals surface area contributed by atoms with Crippen LogP contribution >= 0.6 is 11.6 Å². The predicted molar refractivity (Wildman–Crippen MR) is 169 cm³/mol. The van der Waals surface area contributed by atoms with E-state index in [9.17, 15) is 14.4 Å². The Hall–Kier alpha value is -4.09. The summed E-state index contributed by atoms with van der Waals surface area (Å²) in [4.78, 5) is 48.9. The van der Waals surface area contributed by atoms with Crippen LogP contribution in [0.5, 0.6) is 0 Å². The molecule has 2 aromatic rings. The molecule has 234 valence electrons. The summed E-state index contributed by atoms with van der Waals surface area (Å²) in [6, 6.07) is 6.01. The van der Waals surface area contributed by atoms with Gasteiger partial charge in [0.05, 0.1) is 22.4 Å². The molecule has 4 amide bonds. The van der Waals surface area contributed by atoms with E-state index in [1.165, 1.54) is 37.3 Å². The molecule has 1 saturated carbocycles. The van der Waals surface area contributed by atoms with E-state index in [4.69, 9.17) is 16.3 Å². The minimum absolute atomic E-state index is 0.0817. The number of carbonyl (C=O) groups excluding carboxylic acids is 3. The Bertz CT molecular complexity index is 1440. The van der Waals surface area contributed by atoms with Gasteiger partial charge >= 0.3 is 6.03 Å². The van der Waals surface area contributed by atoms with Gasteiger partial charge in [-0.2, -0.15) is 0 Å². The molecule has 0 bridgehead atoms. The third-order valence-corrected chi connectivity index (χ3v) is 8.19. The molecule has 3 N–H and O–H groups in total. The van der Waals surface area contributed by atoms with E-state index >= 15 is 4.39 Å². The molecule has 1 aromatic heterocycles. The lowest BCUT2D eigenvalue weighted by atomic mass is 9.77. The third-order valence-electron chi connectivity index (χ3n) is 7.97. The number of aromatic nitrogens is 1. The van der Waals surface area contributed by atoms with E-state index in [-0.39, 0.29) is 30.4 Å². The van der Waals surface area contributed by atoms with Gasteiger partial charge in [0.25, 0.3) is 0 Å². The number of aliphatic imine (C=N–C) groups is 1. The van der Waals surface area contributed by atoms with E-state index in [2.05, 4.69) is 32.5 Å². The first kappa shape index (κ1) is 32.8. The maximum Gasteiger partial charge on any atom is 0.323 e. The smallest absolute Gasteiger partial charge is 0.323 e. The summed E-state index contributed by atoms with van der Waals surface area (Å²) in [6.45, 7) is 5.56. The summed E-state index contributed by atoms with van der Waals surface area (Å²) >= 11 is 5.89. The predicted octanol–water partition coefficient (Wildman–Crippen LogP) is 5.47. The molecule has 1 aliphatic carbocycles. The molecule has 2 heterocycles. The zero-order valence-electron chi connectivity index (χ0n) is 25.1. The molecule has 1 aromatic carbocycles. The van der Waals surface area contributed by atoms with Crippen LogP contribution in [0.1, 0.15) is 44.6 Å². The van der Waals surface area contributed by atoms with Gasteiger partial charge in [-0.3, -0.25) is 19.9 Å². The zero-order chi connectivity index (χ0) is 31.9. The number of pyridine rings is 1. The van der Waals surface area contributed by atoms with Crippen LogP contribution in [0.3, 0.4) is 0 Å². The number of allylic oxidation sites excluding steroid dienone is 1. The quantitative estimate of drug-likeness (QED) is 0.213. The Balaban J connectivity index is 1.65. The number of hydrogen-bond acceptors (Lipinski definition) is 6. The number of halogens is 2. The second-order valence-corrected chi connectivity index (χ2v) is 11.5. The number of methoxy groups -OCH3 is 1. The van der Waals surface area contributed by atoms with Crippen LogP contribution < -0.4 is 16.0 Å². The Morgan fingerprint density at radius 1 is 1.25 bits per heavy atom. The van der Waals surface area contributed by atoms with Crippen molar-refractivity contribution in [3.8, 4) is 0 Å². The molecule has 3 atom stereocenters. The first-order valence-electron chi connectivity index (χ1n) is 14.5. The van der Waals surface area contributed by atoms with Crippen molar-refractivity contribution in [1.82, 2.24) is 15.2 Å². The van der Waals surface area contributed by atoms with Gasteiger partial charge in [-0.25, -0.2) is 14.2 Å².